The van der Waals surface area contributed by atoms with E-state index in [1.807, 2.05) is 6.20 Å². The van der Waals surface area contributed by atoms with Crippen molar-refractivity contribution >= 4 is 11.7 Å². The molecule has 0 spiro atoms. The van der Waals surface area contributed by atoms with Crippen LogP contribution in [-0.4, -0.2) is 40.0 Å². The molecule has 0 saturated heterocycles. The van der Waals surface area contributed by atoms with Crippen molar-refractivity contribution in [3.63, 3.8) is 0 Å². The number of nitrogen functional groups attached to an aromatic ring is 1. The first-order valence-electron chi connectivity index (χ1n) is 9.05. The Bertz CT molecular complexity index is 657. The molecule has 1 aromatic heterocycles. The summed E-state index contributed by atoms with van der Waals surface area (Å²) in [6, 6.07) is 0.572. The summed E-state index contributed by atoms with van der Waals surface area (Å²) >= 11 is 0. The zero-order valence-electron chi connectivity index (χ0n) is 14.3. The summed E-state index contributed by atoms with van der Waals surface area (Å²) < 4.78 is 0. The highest BCUT2D eigenvalue weighted by atomic mass is 15.4. The molecule has 0 aromatic carbocycles. The predicted octanol–water partition coefficient (Wildman–Crippen LogP) is 2.08. The summed E-state index contributed by atoms with van der Waals surface area (Å²) in [6.45, 7) is 0. The number of hydrogen-bond donors (Lipinski definition) is 2. The van der Waals surface area contributed by atoms with Crippen molar-refractivity contribution in [2.75, 3.05) is 12.8 Å². The van der Waals surface area contributed by atoms with Gasteiger partial charge in [0, 0.05) is 31.0 Å². The molecule has 3 aliphatic rings. The minimum atomic E-state index is -0.0144. The molecule has 24 heavy (non-hydrogen) atoms. The number of nitrogens with one attached hydrogen (secondary N) is 1. The lowest BCUT2D eigenvalue weighted by Gasteiger charge is -2.30. The van der Waals surface area contributed by atoms with Crippen LogP contribution in [-0.2, 0) is 6.42 Å². The summed E-state index contributed by atoms with van der Waals surface area (Å²) in [5.74, 6) is 1.11. The largest absolute Gasteiger partial charge is 0.368 e. The molecule has 2 saturated carbocycles. The maximum Gasteiger partial charge on any atom is 0.220 e. The SMILES string of the molecule is CN1C=CC(c2cnc(N)nc2CC2CC2)=NC1NC1CCCC1. The van der Waals surface area contributed by atoms with E-state index in [2.05, 4.69) is 39.5 Å². The highest BCUT2D eigenvalue weighted by Crippen LogP contribution is 2.33. The standard InChI is InChI=1S/C18H26N6/c1-24-9-8-15(23-18(24)21-13-4-2-3-5-13)14-11-20-17(19)22-16(14)10-12-6-7-12/h8-9,11-13,18,21H,2-7,10H2,1H3,(H2,19,20,22). The Morgan fingerprint density at radius 3 is 2.79 bits per heavy atom. The molecule has 4 rings (SSSR count). The highest BCUT2D eigenvalue weighted by Gasteiger charge is 2.26. The third-order valence-corrected chi connectivity index (χ3v) is 5.20. The van der Waals surface area contributed by atoms with Crippen LogP contribution in [0.4, 0.5) is 5.95 Å². The maximum absolute atomic E-state index is 5.81. The van der Waals surface area contributed by atoms with Gasteiger partial charge in [-0.1, -0.05) is 12.8 Å². The van der Waals surface area contributed by atoms with Crippen LogP contribution in [0.2, 0.25) is 0 Å². The smallest absolute Gasteiger partial charge is 0.220 e. The first-order chi connectivity index (χ1) is 11.7. The van der Waals surface area contributed by atoms with Gasteiger partial charge in [0.15, 0.2) is 6.29 Å². The molecule has 1 aromatic rings. The van der Waals surface area contributed by atoms with E-state index in [4.69, 9.17) is 10.7 Å². The van der Waals surface area contributed by atoms with Crippen LogP contribution in [0.5, 0.6) is 0 Å². The number of allylic oxidation sites excluding steroid dienone is 1. The second kappa shape index (κ2) is 6.51. The molecule has 2 aliphatic carbocycles. The zero-order valence-corrected chi connectivity index (χ0v) is 14.3. The lowest BCUT2D eigenvalue weighted by Crippen LogP contribution is -2.46. The minimum Gasteiger partial charge on any atom is -0.368 e. The fraction of sp³-hybridized carbons (Fsp3) is 0.611. The van der Waals surface area contributed by atoms with Crippen LogP contribution < -0.4 is 11.1 Å². The molecule has 1 aliphatic heterocycles. The fourth-order valence-electron chi connectivity index (χ4n) is 3.55. The number of rotatable bonds is 5. The summed E-state index contributed by atoms with van der Waals surface area (Å²) in [5, 5.41) is 3.67. The Kier molecular flexibility index (Phi) is 4.22. The normalized spacial score (nSPS) is 24.5. The Balaban J connectivity index is 1.58. The van der Waals surface area contributed by atoms with Crippen LogP contribution in [0.15, 0.2) is 23.5 Å². The van der Waals surface area contributed by atoms with Crippen molar-refractivity contribution < 1.29 is 0 Å². The second-order valence-corrected chi connectivity index (χ2v) is 7.25. The van der Waals surface area contributed by atoms with E-state index in [1.165, 1.54) is 38.5 Å². The van der Waals surface area contributed by atoms with Gasteiger partial charge in [0.2, 0.25) is 5.95 Å². The van der Waals surface area contributed by atoms with E-state index >= 15 is 0 Å². The van der Waals surface area contributed by atoms with Crippen LogP contribution in [0, 0.1) is 5.92 Å². The molecule has 1 unspecified atom stereocenters. The molecule has 3 N–H and O–H groups in total. The van der Waals surface area contributed by atoms with Gasteiger partial charge in [-0.3, -0.25) is 5.32 Å². The van der Waals surface area contributed by atoms with Gasteiger partial charge >= 0.3 is 0 Å². The molecule has 1 atom stereocenters. The van der Waals surface area contributed by atoms with Crippen molar-refractivity contribution in [2.24, 2.45) is 10.9 Å². The van der Waals surface area contributed by atoms with Crippen LogP contribution >= 0.6 is 0 Å². The zero-order chi connectivity index (χ0) is 16.5. The molecule has 0 radical (unpaired) electrons. The molecule has 2 fully saturated rings. The van der Waals surface area contributed by atoms with E-state index < -0.39 is 0 Å². The number of aromatic nitrogens is 2. The molecule has 6 nitrogen and oxygen atoms in total. The summed E-state index contributed by atoms with van der Waals surface area (Å²) in [4.78, 5) is 15.8. The Hall–Kier alpha value is -1.95. The molecular weight excluding hydrogens is 300 g/mol. The van der Waals surface area contributed by atoms with E-state index in [9.17, 15) is 0 Å². The third kappa shape index (κ3) is 3.43. The number of nitrogens with two attached hydrogens (primary N) is 1. The van der Waals surface area contributed by atoms with Gasteiger partial charge in [0.05, 0.1) is 11.4 Å². The van der Waals surface area contributed by atoms with Gasteiger partial charge in [0.1, 0.15) is 0 Å². The van der Waals surface area contributed by atoms with Crippen LogP contribution in [0.1, 0.15) is 49.8 Å². The third-order valence-electron chi connectivity index (χ3n) is 5.20. The van der Waals surface area contributed by atoms with Crippen LogP contribution in [0.3, 0.4) is 0 Å². The summed E-state index contributed by atoms with van der Waals surface area (Å²) in [5.41, 5.74) is 8.83. The summed E-state index contributed by atoms with van der Waals surface area (Å²) in [6.07, 6.45) is 14.7. The van der Waals surface area contributed by atoms with E-state index in [1.54, 1.807) is 0 Å². The average Bonchev–Trinajstić information content (AvgIpc) is 3.23. The minimum absolute atomic E-state index is 0.0144. The van der Waals surface area contributed by atoms with Crippen molar-refractivity contribution in [1.29, 1.82) is 0 Å². The Morgan fingerprint density at radius 2 is 2.04 bits per heavy atom. The number of aliphatic imine (C=N–C) groups is 1. The number of hydrogen-bond acceptors (Lipinski definition) is 6. The first kappa shape index (κ1) is 15.6. The van der Waals surface area contributed by atoms with Crippen molar-refractivity contribution in [2.45, 2.75) is 57.3 Å². The predicted molar refractivity (Wildman–Crippen MR) is 95.5 cm³/mol. The molecule has 0 amide bonds. The molecule has 2 heterocycles. The van der Waals surface area contributed by atoms with Gasteiger partial charge in [0.25, 0.3) is 0 Å². The maximum atomic E-state index is 5.81. The second-order valence-electron chi connectivity index (χ2n) is 7.25. The molecule has 128 valence electrons. The number of nitrogens with zero attached hydrogens (tertiary/aromatic N) is 4. The van der Waals surface area contributed by atoms with Gasteiger partial charge in [-0.25, -0.2) is 15.0 Å². The van der Waals surface area contributed by atoms with E-state index in [0.29, 0.717) is 12.0 Å². The van der Waals surface area contributed by atoms with E-state index in [-0.39, 0.29) is 6.29 Å². The van der Waals surface area contributed by atoms with Gasteiger partial charge in [-0.2, -0.15) is 0 Å². The molecular formula is C18H26N6. The number of anilines is 1. The van der Waals surface area contributed by atoms with Crippen molar-refractivity contribution in [3.05, 3.63) is 29.7 Å². The Morgan fingerprint density at radius 1 is 1.25 bits per heavy atom. The molecule has 0 bridgehead atoms. The van der Waals surface area contributed by atoms with Gasteiger partial charge in [-0.05, 0) is 44.1 Å². The lowest BCUT2D eigenvalue weighted by atomic mass is 10.0. The average molecular weight is 326 g/mol. The monoisotopic (exact) mass is 326 g/mol. The van der Waals surface area contributed by atoms with Gasteiger partial charge in [-0.15, -0.1) is 0 Å². The van der Waals surface area contributed by atoms with Crippen molar-refractivity contribution in [1.82, 2.24) is 20.2 Å². The first-order valence-corrected chi connectivity index (χ1v) is 9.05. The van der Waals surface area contributed by atoms with E-state index in [0.717, 1.165) is 29.3 Å². The van der Waals surface area contributed by atoms with Crippen LogP contribution in [0.25, 0.3) is 0 Å². The summed E-state index contributed by atoms with van der Waals surface area (Å²) in [7, 11) is 2.06. The molecule has 6 heteroatoms. The Labute approximate surface area is 143 Å². The lowest BCUT2D eigenvalue weighted by molar-refractivity contribution is 0.255. The quantitative estimate of drug-likeness (QED) is 0.866. The van der Waals surface area contributed by atoms with Crippen molar-refractivity contribution in [3.8, 4) is 0 Å². The topological polar surface area (TPSA) is 79.4 Å². The fourth-order valence-corrected chi connectivity index (χ4v) is 3.55. The van der Waals surface area contributed by atoms with Gasteiger partial charge < -0.3 is 10.6 Å². The highest BCUT2D eigenvalue weighted by molar-refractivity contribution is 6.09.